The molecular weight excluding hydrogens is 262 g/mol. The molecule has 21 heavy (non-hydrogen) atoms. The van der Waals surface area contributed by atoms with Gasteiger partial charge in [0.2, 0.25) is 0 Å². The van der Waals surface area contributed by atoms with E-state index in [1.54, 1.807) is 4.68 Å². The fourth-order valence-electron chi connectivity index (χ4n) is 3.08. The predicted octanol–water partition coefficient (Wildman–Crippen LogP) is 2.05. The second kappa shape index (κ2) is 6.44. The average Bonchev–Trinajstić information content (AvgIpc) is 2.75. The molecule has 1 saturated heterocycles. The molecule has 1 aliphatic rings. The molecule has 2 rings (SSSR count). The first-order chi connectivity index (χ1) is 9.75. The third kappa shape index (κ3) is 4.51. The third-order valence-electron chi connectivity index (χ3n) is 4.34. The van der Waals surface area contributed by atoms with Crippen molar-refractivity contribution in [1.82, 2.24) is 25.2 Å². The van der Waals surface area contributed by atoms with E-state index in [9.17, 15) is 0 Å². The monoisotopic (exact) mass is 293 g/mol. The van der Waals surface area contributed by atoms with Crippen molar-refractivity contribution in [1.29, 1.82) is 0 Å². The number of nitrogens with one attached hydrogen (secondary N) is 1. The highest BCUT2D eigenvalue weighted by atomic mass is 15.4. The smallest absolute Gasteiger partial charge is 0.0967 e. The van der Waals surface area contributed by atoms with Crippen LogP contribution in [-0.2, 0) is 13.6 Å². The van der Waals surface area contributed by atoms with Gasteiger partial charge in [-0.15, -0.1) is 5.10 Å². The van der Waals surface area contributed by atoms with Gasteiger partial charge >= 0.3 is 0 Å². The van der Waals surface area contributed by atoms with Gasteiger partial charge in [-0.05, 0) is 17.8 Å². The van der Waals surface area contributed by atoms with Crippen molar-refractivity contribution in [3.63, 3.8) is 0 Å². The lowest BCUT2D eigenvalue weighted by molar-refractivity contribution is 0.0681. The van der Waals surface area contributed by atoms with E-state index in [0.717, 1.165) is 25.3 Å². The van der Waals surface area contributed by atoms with Crippen LogP contribution in [0.4, 0.5) is 0 Å². The lowest BCUT2D eigenvalue weighted by Crippen LogP contribution is -2.60. The highest BCUT2D eigenvalue weighted by Gasteiger charge is 2.34. The minimum absolute atomic E-state index is 0.281. The molecule has 0 aliphatic carbocycles. The summed E-state index contributed by atoms with van der Waals surface area (Å²) in [4.78, 5) is 2.59. The van der Waals surface area contributed by atoms with Gasteiger partial charge in [-0.3, -0.25) is 9.58 Å². The minimum atomic E-state index is 0.281. The number of piperazine rings is 1. The Labute approximate surface area is 129 Å². The van der Waals surface area contributed by atoms with Gasteiger partial charge in [0.25, 0.3) is 0 Å². The summed E-state index contributed by atoms with van der Waals surface area (Å²) in [6.07, 6.45) is 3.25. The van der Waals surface area contributed by atoms with E-state index in [2.05, 4.69) is 55.1 Å². The highest BCUT2D eigenvalue weighted by Crippen LogP contribution is 2.26. The van der Waals surface area contributed by atoms with Gasteiger partial charge in [0, 0.05) is 45.0 Å². The van der Waals surface area contributed by atoms with E-state index in [4.69, 9.17) is 0 Å². The molecule has 1 aromatic heterocycles. The Morgan fingerprint density at radius 1 is 1.38 bits per heavy atom. The molecule has 0 bridgehead atoms. The summed E-state index contributed by atoms with van der Waals surface area (Å²) in [5.74, 6) is 0.715. The van der Waals surface area contributed by atoms with Gasteiger partial charge in [-0.2, -0.15) is 0 Å². The Morgan fingerprint density at radius 3 is 2.62 bits per heavy atom. The SMILES string of the molecule is CC(C)CC1CNC(C(C)(C)C)CN1Cc1cn(C)nn1. The summed E-state index contributed by atoms with van der Waals surface area (Å²) in [6.45, 7) is 14.6. The molecule has 1 aliphatic heterocycles. The van der Waals surface area contributed by atoms with E-state index in [1.807, 2.05) is 13.2 Å². The van der Waals surface area contributed by atoms with Gasteiger partial charge in [0.05, 0.1) is 5.69 Å². The van der Waals surface area contributed by atoms with Crippen LogP contribution in [0, 0.1) is 11.3 Å². The van der Waals surface area contributed by atoms with Crippen LogP contribution in [0.3, 0.4) is 0 Å². The molecule has 5 nitrogen and oxygen atoms in total. The van der Waals surface area contributed by atoms with Crippen molar-refractivity contribution >= 4 is 0 Å². The van der Waals surface area contributed by atoms with Gasteiger partial charge < -0.3 is 5.32 Å². The Kier molecular flexibility index (Phi) is 5.04. The van der Waals surface area contributed by atoms with E-state index < -0.39 is 0 Å². The second-order valence-electron chi connectivity index (χ2n) is 7.92. The van der Waals surface area contributed by atoms with Crippen molar-refractivity contribution in [3.8, 4) is 0 Å². The van der Waals surface area contributed by atoms with Crippen molar-refractivity contribution < 1.29 is 0 Å². The zero-order valence-electron chi connectivity index (χ0n) is 14.4. The second-order valence-corrected chi connectivity index (χ2v) is 7.92. The minimum Gasteiger partial charge on any atom is -0.311 e. The maximum Gasteiger partial charge on any atom is 0.0967 e. The molecular formula is C16H31N5. The maximum atomic E-state index is 4.26. The van der Waals surface area contributed by atoms with Crippen LogP contribution in [0.5, 0.6) is 0 Å². The molecule has 2 atom stereocenters. The highest BCUT2D eigenvalue weighted by molar-refractivity contribution is 4.97. The van der Waals surface area contributed by atoms with Crippen molar-refractivity contribution in [3.05, 3.63) is 11.9 Å². The summed E-state index contributed by atoms with van der Waals surface area (Å²) >= 11 is 0. The van der Waals surface area contributed by atoms with Crippen molar-refractivity contribution in [2.75, 3.05) is 13.1 Å². The lowest BCUT2D eigenvalue weighted by Gasteiger charge is -2.45. The molecule has 0 amide bonds. The van der Waals surface area contributed by atoms with Crippen LogP contribution in [0.15, 0.2) is 6.20 Å². The molecule has 0 spiro atoms. The summed E-state index contributed by atoms with van der Waals surface area (Å²) < 4.78 is 1.79. The number of aryl methyl sites for hydroxylation is 1. The van der Waals surface area contributed by atoms with Crippen LogP contribution in [0.2, 0.25) is 0 Å². The molecule has 0 radical (unpaired) electrons. The first-order valence-corrected chi connectivity index (χ1v) is 8.08. The summed E-state index contributed by atoms with van der Waals surface area (Å²) in [5.41, 5.74) is 1.35. The molecule has 2 unspecified atom stereocenters. The first kappa shape index (κ1) is 16.4. The van der Waals surface area contributed by atoms with E-state index in [0.29, 0.717) is 18.0 Å². The zero-order chi connectivity index (χ0) is 15.6. The number of aromatic nitrogens is 3. The predicted molar refractivity (Wildman–Crippen MR) is 85.9 cm³/mol. The van der Waals surface area contributed by atoms with E-state index >= 15 is 0 Å². The molecule has 0 saturated carbocycles. The largest absolute Gasteiger partial charge is 0.311 e. The summed E-state index contributed by atoms with van der Waals surface area (Å²) in [7, 11) is 1.93. The van der Waals surface area contributed by atoms with Crippen molar-refractivity contribution in [2.45, 2.75) is 59.7 Å². The van der Waals surface area contributed by atoms with Crippen LogP contribution >= 0.6 is 0 Å². The maximum absolute atomic E-state index is 4.26. The Balaban J connectivity index is 2.08. The topological polar surface area (TPSA) is 46.0 Å². The molecule has 1 aromatic rings. The Bertz CT molecular complexity index is 446. The van der Waals surface area contributed by atoms with Crippen LogP contribution < -0.4 is 5.32 Å². The number of rotatable bonds is 4. The van der Waals surface area contributed by atoms with E-state index in [-0.39, 0.29) is 5.41 Å². The molecule has 5 heteroatoms. The average molecular weight is 293 g/mol. The quantitative estimate of drug-likeness (QED) is 0.923. The fourth-order valence-corrected chi connectivity index (χ4v) is 3.08. The van der Waals surface area contributed by atoms with Crippen LogP contribution in [0.1, 0.15) is 46.7 Å². The summed E-state index contributed by atoms with van der Waals surface area (Å²) in [6, 6.07) is 1.11. The van der Waals surface area contributed by atoms with E-state index in [1.165, 1.54) is 6.42 Å². The number of hydrogen-bond acceptors (Lipinski definition) is 4. The first-order valence-electron chi connectivity index (χ1n) is 8.08. The number of hydrogen-bond donors (Lipinski definition) is 1. The summed E-state index contributed by atoms with van der Waals surface area (Å²) in [5, 5.41) is 12.1. The Morgan fingerprint density at radius 2 is 2.10 bits per heavy atom. The lowest BCUT2D eigenvalue weighted by atomic mass is 9.84. The van der Waals surface area contributed by atoms with Gasteiger partial charge in [0.15, 0.2) is 0 Å². The van der Waals surface area contributed by atoms with Gasteiger partial charge in [-0.25, -0.2) is 0 Å². The normalized spacial score (nSPS) is 24.7. The molecule has 1 N–H and O–H groups in total. The third-order valence-corrected chi connectivity index (χ3v) is 4.34. The molecule has 1 fully saturated rings. The fraction of sp³-hybridized carbons (Fsp3) is 0.875. The molecule has 0 aromatic carbocycles. The Hall–Kier alpha value is -0.940. The van der Waals surface area contributed by atoms with Gasteiger partial charge in [-0.1, -0.05) is 39.8 Å². The molecule has 2 heterocycles. The van der Waals surface area contributed by atoms with Crippen LogP contribution in [0.25, 0.3) is 0 Å². The zero-order valence-corrected chi connectivity index (χ0v) is 14.4. The standard InChI is InChI=1S/C16H31N5/c1-12(2)7-14-8-17-15(16(3,4)5)11-21(14)10-13-9-20(6)19-18-13/h9,12,14-15,17H,7-8,10-11H2,1-6H3. The van der Waals surface area contributed by atoms with Gasteiger partial charge in [0.1, 0.15) is 0 Å². The van der Waals surface area contributed by atoms with Crippen molar-refractivity contribution in [2.24, 2.45) is 18.4 Å². The molecule has 120 valence electrons. The van der Waals surface area contributed by atoms with Crippen LogP contribution in [-0.4, -0.2) is 45.1 Å². The number of nitrogens with zero attached hydrogens (tertiary/aromatic N) is 4.